The first-order valence-electron chi connectivity index (χ1n) is 6.98. The highest BCUT2D eigenvalue weighted by Gasteiger charge is 2.22. The predicted molar refractivity (Wildman–Crippen MR) is 87.0 cm³/mol. The molecule has 1 N–H and O–H groups in total. The Kier molecular flexibility index (Phi) is 4.88. The maximum Gasteiger partial charge on any atom is 0.273 e. The van der Waals surface area contributed by atoms with Crippen LogP contribution in [0.1, 0.15) is 24.3 Å². The molecule has 22 heavy (non-hydrogen) atoms. The molecule has 5 nitrogen and oxygen atoms in total. The third-order valence-electron chi connectivity index (χ3n) is 3.76. The number of likely N-dealkylation sites (N-methyl/N-ethyl adjacent to an activating group) is 1. The summed E-state index contributed by atoms with van der Waals surface area (Å²) in [4.78, 5) is 14.2. The van der Waals surface area contributed by atoms with Crippen LogP contribution in [0, 0.1) is 0 Å². The average molecular weight is 322 g/mol. The fourth-order valence-electron chi connectivity index (χ4n) is 1.68. The summed E-state index contributed by atoms with van der Waals surface area (Å²) in [6.07, 6.45) is 0. The molecule has 0 saturated heterocycles. The van der Waals surface area contributed by atoms with Crippen molar-refractivity contribution >= 4 is 17.5 Å². The van der Waals surface area contributed by atoms with E-state index in [1.807, 2.05) is 26.2 Å². The fraction of sp³-hybridized carbons (Fsp3) is 0.375. The highest BCUT2D eigenvalue weighted by atomic mass is 35.5. The van der Waals surface area contributed by atoms with Gasteiger partial charge in [0.2, 0.25) is 0 Å². The van der Waals surface area contributed by atoms with Crippen molar-refractivity contribution in [1.82, 2.24) is 15.4 Å². The second-order valence-electron chi connectivity index (χ2n) is 5.97. The lowest BCUT2D eigenvalue weighted by Gasteiger charge is -2.32. The number of amides is 1. The molecule has 1 aromatic carbocycles. The molecule has 0 spiro atoms. The molecule has 0 aliphatic heterocycles. The van der Waals surface area contributed by atoms with Crippen LogP contribution in [-0.4, -0.2) is 42.1 Å². The molecule has 1 aromatic heterocycles. The molecule has 6 heteroatoms. The molecule has 2 aromatic rings. The molecule has 0 aliphatic rings. The molecular weight excluding hydrogens is 302 g/mol. The first kappa shape index (κ1) is 16.5. The number of hydrogen-bond acceptors (Lipinski definition) is 4. The van der Waals surface area contributed by atoms with Crippen LogP contribution in [0.3, 0.4) is 0 Å². The maximum atomic E-state index is 12.1. The number of carbonyl (C=O) groups is 1. The fourth-order valence-corrected chi connectivity index (χ4v) is 1.80. The summed E-state index contributed by atoms with van der Waals surface area (Å²) >= 11 is 5.85. The zero-order valence-electron chi connectivity index (χ0n) is 13.2. The van der Waals surface area contributed by atoms with Crippen molar-refractivity contribution in [1.29, 1.82) is 0 Å². The number of nitrogens with one attached hydrogen (secondary N) is 1. The number of aromatic nitrogens is 1. The van der Waals surface area contributed by atoms with Crippen LogP contribution < -0.4 is 5.32 Å². The van der Waals surface area contributed by atoms with Crippen molar-refractivity contribution in [2.45, 2.75) is 19.4 Å². The van der Waals surface area contributed by atoms with Gasteiger partial charge in [0.05, 0.1) is 0 Å². The van der Waals surface area contributed by atoms with Crippen LogP contribution in [0.2, 0.25) is 5.02 Å². The van der Waals surface area contributed by atoms with E-state index in [0.717, 1.165) is 5.56 Å². The van der Waals surface area contributed by atoms with E-state index in [1.165, 1.54) is 0 Å². The zero-order valence-corrected chi connectivity index (χ0v) is 13.9. The van der Waals surface area contributed by atoms with E-state index in [9.17, 15) is 4.79 Å². The Hall–Kier alpha value is -1.85. The van der Waals surface area contributed by atoms with Gasteiger partial charge in [-0.25, -0.2) is 0 Å². The summed E-state index contributed by atoms with van der Waals surface area (Å²) in [6.45, 7) is 4.62. The first-order chi connectivity index (χ1) is 10.3. The minimum Gasteiger partial charge on any atom is -0.355 e. The highest BCUT2D eigenvalue weighted by Crippen LogP contribution is 2.22. The lowest BCUT2D eigenvalue weighted by Crippen LogP contribution is -2.48. The number of rotatable bonds is 5. The average Bonchev–Trinajstić information content (AvgIpc) is 2.95. The van der Waals surface area contributed by atoms with E-state index < -0.39 is 0 Å². The third-order valence-corrected chi connectivity index (χ3v) is 4.02. The molecule has 1 heterocycles. The lowest BCUT2D eigenvalue weighted by molar-refractivity contribution is 0.0911. The van der Waals surface area contributed by atoms with Crippen LogP contribution in [0.25, 0.3) is 11.3 Å². The number of carbonyl (C=O) groups excluding carboxylic acids is 1. The largest absolute Gasteiger partial charge is 0.355 e. The van der Waals surface area contributed by atoms with Gasteiger partial charge in [0, 0.05) is 28.7 Å². The number of nitrogens with zero attached hydrogens (tertiary/aromatic N) is 2. The SMILES string of the molecule is CN(C)C(C)(C)CNC(=O)c1cc(-c2ccc(Cl)cc2)on1. The molecule has 0 unspecified atom stereocenters. The monoisotopic (exact) mass is 321 g/mol. The highest BCUT2D eigenvalue weighted by molar-refractivity contribution is 6.30. The second-order valence-corrected chi connectivity index (χ2v) is 6.41. The quantitative estimate of drug-likeness (QED) is 0.919. The van der Waals surface area contributed by atoms with Gasteiger partial charge in [-0.2, -0.15) is 0 Å². The van der Waals surface area contributed by atoms with Gasteiger partial charge < -0.3 is 14.7 Å². The molecular formula is C16H20ClN3O2. The Morgan fingerprint density at radius 2 is 1.95 bits per heavy atom. The topological polar surface area (TPSA) is 58.4 Å². The third kappa shape index (κ3) is 3.87. The maximum absolute atomic E-state index is 12.1. The van der Waals surface area contributed by atoms with Crippen molar-refractivity contribution in [2.24, 2.45) is 0 Å². The molecule has 1 amide bonds. The van der Waals surface area contributed by atoms with E-state index in [1.54, 1.807) is 18.2 Å². The molecule has 118 valence electrons. The standard InChI is InChI=1S/C16H20ClN3O2/c1-16(2,20(3)4)10-18-15(21)13-9-14(22-19-13)11-5-7-12(17)8-6-11/h5-9H,10H2,1-4H3,(H,18,21). The summed E-state index contributed by atoms with van der Waals surface area (Å²) in [5, 5.41) is 7.34. The molecule has 0 bridgehead atoms. The summed E-state index contributed by atoms with van der Waals surface area (Å²) < 4.78 is 5.23. The predicted octanol–water partition coefficient (Wildman–Crippen LogP) is 3.07. The Morgan fingerprint density at radius 1 is 1.32 bits per heavy atom. The summed E-state index contributed by atoms with van der Waals surface area (Å²) in [7, 11) is 3.95. The molecule has 0 aliphatic carbocycles. The van der Waals surface area contributed by atoms with Crippen LogP contribution in [0.15, 0.2) is 34.9 Å². The van der Waals surface area contributed by atoms with Gasteiger partial charge in [0.1, 0.15) is 0 Å². The van der Waals surface area contributed by atoms with Gasteiger partial charge in [0.15, 0.2) is 11.5 Å². The Bertz CT molecular complexity index is 648. The van der Waals surface area contributed by atoms with Crippen LogP contribution in [0.5, 0.6) is 0 Å². The van der Waals surface area contributed by atoms with Crippen molar-refractivity contribution < 1.29 is 9.32 Å². The second kappa shape index (κ2) is 6.50. The van der Waals surface area contributed by atoms with Gasteiger partial charge >= 0.3 is 0 Å². The van der Waals surface area contributed by atoms with Crippen LogP contribution in [-0.2, 0) is 0 Å². The van der Waals surface area contributed by atoms with E-state index in [0.29, 0.717) is 17.3 Å². The van der Waals surface area contributed by atoms with Crippen molar-refractivity contribution in [3.8, 4) is 11.3 Å². The Morgan fingerprint density at radius 3 is 2.55 bits per heavy atom. The minimum absolute atomic E-state index is 0.140. The van der Waals surface area contributed by atoms with E-state index >= 15 is 0 Å². The van der Waals surface area contributed by atoms with E-state index in [2.05, 4.69) is 29.2 Å². The Balaban J connectivity index is 2.05. The summed E-state index contributed by atoms with van der Waals surface area (Å²) in [6, 6.07) is 8.79. The van der Waals surface area contributed by atoms with E-state index in [4.69, 9.17) is 16.1 Å². The molecule has 0 saturated carbocycles. The number of benzene rings is 1. The molecule has 2 rings (SSSR count). The lowest BCUT2D eigenvalue weighted by atomic mass is 10.0. The van der Waals surface area contributed by atoms with Crippen LogP contribution in [0.4, 0.5) is 0 Å². The van der Waals surface area contributed by atoms with Gasteiger partial charge in [0.25, 0.3) is 5.91 Å². The van der Waals surface area contributed by atoms with Gasteiger partial charge in [-0.1, -0.05) is 16.8 Å². The first-order valence-corrected chi connectivity index (χ1v) is 7.36. The number of hydrogen-bond donors (Lipinski definition) is 1. The molecule has 0 atom stereocenters. The van der Waals surface area contributed by atoms with Gasteiger partial charge in [-0.15, -0.1) is 0 Å². The smallest absolute Gasteiger partial charge is 0.273 e. The zero-order chi connectivity index (χ0) is 16.3. The molecule has 0 radical (unpaired) electrons. The molecule has 0 fully saturated rings. The van der Waals surface area contributed by atoms with Crippen LogP contribution >= 0.6 is 11.6 Å². The Labute approximate surface area is 135 Å². The van der Waals surface area contributed by atoms with E-state index in [-0.39, 0.29) is 17.1 Å². The van der Waals surface area contributed by atoms with Crippen molar-refractivity contribution in [3.63, 3.8) is 0 Å². The van der Waals surface area contributed by atoms with Gasteiger partial charge in [-0.05, 0) is 52.2 Å². The van der Waals surface area contributed by atoms with Crippen molar-refractivity contribution in [3.05, 3.63) is 41.0 Å². The normalized spacial score (nSPS) is 11.7. The van der Waals surface area contributed by atoms with Crippen molar-refractivity contribution in [2.75, 3.05) is 20.6 Å². The minimum atomic E-state index is -0.251. The summed E-state index contributed by atoms with van der Waals surface area (Å²) in [5.41, 5.74) is 0.947. The van der Waals surface area contributed by atoms with Gasteiger partial charge in [-0.3, -0.25) is 4.79 Å². The summed E-state index contributed by atoms with van der Waals surface area (Å²) in [5.74, 6) is 0.285. The number of halogens is 1.